The maximum absolute atomic E-state index is 12.7. The fraction of sp³-hybridized carbons (Fsp3) is 0.545. The molecule has 6 N–H and O–H groups in total. The van der Waals surface area contributed by atoms with Crippen LogP contribution >= 0.6 is 0 Å². The molecule has 0 aromatic heterocycles. The summed E-state index contributed by atoms with van der Waals surface area (Å²) in [6.45, 7) is 2.23. The molecule has 188 valence electrons. The van der Waals surface area contributed by atoms with Crippen molar-refractivity contribution in [2.45, 2.75) is 74.0 Å². The van der Waals surface area contributed by atoms with E-state index in [1.165, 1.54) is 19.0 Å². The first-order valence-corrected chi connectivity index (χ1v) is 12.6. The average Bonchev–Trinajstić information content (AvgIpc) is 3.60. The maximum Gasteiger partial charge on any atom is 0.501 e. The van der Waals surface area contributed by atoms with Gasteiger partial charge in [-0.15, -0.1) is 0 Å². The van der Waals surface area contributed by atoms with Crippen molar-refractivity contribution >= 4 is 27.3 Å². The van der Waals surface area contributed by atoms with E-state index in [-0.39, 0.29) is 23.1 Å². The van der Waals surface area contributed by atoms with Crippen molar-refractivity contribution in [3.05, 3.63) is 36.0 Å². The van der Waals surface area contributed by atoms with Crippen LogP contribution in [0.15, 0.2) is 45.9 Å². The van der Waals surface area contributed by atoms with Gasteiger partial charge in [-0.3, -0.25) is 4.79 Å². The lowest BCUT2D eigenvalue weighted by Crippen LogP contribution is -2.43. The van der Waals surface area contributed by atoms with Crippen molar-refractivity contribution in [2.24, 2.45) is 22.4 Å². The molecule has 3 rings (SSSR count). The number of nitrogens with one attached hydrogen (secondary N) is 2. The Morgan fingerprint density at radius 1 is 1.06 bits per heavy atom. The lowest BCUT2D eigenvalue weighted by atomic mass is 9.90. The summed E-state index contributed by atoms with van der Waals surface area (Å²) in [4.78, 5) is 15.0. The van der Waals surface area contributed by atoms with Crippen LogP contribution in [0.3, 0.4) is 0 Å². The Morgan fingerprint density at radius 2 is 1.62 bits per heavy atom. The lowest BCUT2D eigenvalue weighted by molar-refractivity contribution is -0.114. The van der Waals surface area contributed by atoms with Gasteiger partial charge in [-0.1, -0.05) is 0 Å². The van der Waals surface area contributed by atoms with E-state index in [1.807, 2.05) is 0 Å². The smallest absolute Gasteiger partial charge is 0.387 e. The second-order valence-electron chi connectivity index (χ2n) is 8.87. The van der Waals surface area contributed by atoms with Crippen molar-refractivity contribution in [3.63, 3.8) is 0 Å². The molecule has 34 heavy (non-hydrogen) atoms. The predicted octanol–water partition coefficient (Wildman–Crippen LogP) is 2.63. The zero-order valence-corrected chi connectivity index (χ0v) is 19.6. The number of sulfone groups is 1. The monoisotopic (exact) mass is 501 g/mol. The first-order valence-electron chi connectivity index (χ1n) is 11.2. The van der Waals surface area contributed by atoms with Gasteiger partial charge in [0.15, 0.2) is 0 Å². The molecule has 2 saturated carbocycles. The van der Waals surface area contributed by atoms with Gasteiger partial charge in [-0.05, 0) is 75.6 Å². The molecule has 0 aliphatic heterocycles. The highest BCUT2D eigenvalue weighted by molar-refractivity contribution is 7.92. The minimum absolute atomic E-state index is 0.0714. The topological polar surface area (TPSA) is 140 Å². The van der Waals surface area contributed by atoms with E-state index in [4.69, 9.17) is 11.5 Å². The van der Waals surface area contributed by atoms with E-state index < -0.39 is 26.1 Å². The number of hydrogen-bond acceptors (Lipinski definition) is 6. The van der Waals surface area contributed by atoms with Crippen LogP contribution in [-0.2, 0) is 14.6 Å². The second kappa shape index (κ2) is 10.3. The molecule has 2 fully saturated rings. The van der Waals surface area contributed by atoms with Gasteiger partial charge in [0.05, 0.1) is 16.2 Å². The number of aliphatic imine (C=N–C) groups is 1. The zero-order chi connectivity index (χ0) is 25.1. The van der Waals surface area contributed by atoms with E-state index in [0.717, 1.165) is 55.9 Å². The summed E-state index contributed by atoms with van der Waals surface area (Å²) < 4.78 is 60.9. The van der Waals surface area contributed by atoms with Gasteiger partial charge in [-0.2, -0.15) is 13.2 Å². The third-order valence-electron chi connectivity index (χ3n) is 6.26. The predicted molar refractivity (Wildman–Crippen MR) is 123 cm³/mol. The van der Waals surface area contributed by atoms with Crippen molar-refractivity contribution in [2.75, 3.05) is 0 Å². The normalized spacial score (nSPS) is 23.4. The minimum atomic E-state index is -5.46. The van der Waals surface area contributed by atoms with Crippen LogP contribution in [0.4, 0.5) is 18.9 Å². The summed E-state index contributed by atoms with van der Waals surface area (Å²) in [7, 11) is -5.46. The van der Waals surface area contributed by atoms with E-state index in [0.29, 0.717) is 12.1 Å². The number of carbonyl (C=O) groups is 1. The number of benzene rings is 1. The standard InChI is InChI=1S/C22H30F3N5O3S/c1-13(14-2-3-14)29-16-6-4-15(5-7-16)28-12-19(21(27)31)20(26)30-17-8-10-18(11-9-17)34(32,33)22(23,24)25/h8-16,28-29H,2-7H2,1H3,(H2,26,30)(H2,27,31)/b19-12+. The molecule has 12 heteroatoms. The summed E-state index contributed by atoms with van der Waals surface area (Å²) in [5.41, 5.74) is 5.92. The molecule has 0 bridgehead atoms. The molecule has 1 amide bonds. The fourth-order valence-corrected chi connectivity index (χ4v) is 4.80. The van der Waals surface area contributed by atoms with Crippen LogP contribution in [0.1, 0.15) is 45.4 Å². The molecular weight excluding hydrogens is 471 g/mol. The van der Waals surface area contributed by atoms with Crippen molar-refractivity contribution in [1.82, 2.24) is 10.6 Å². The molecule has 1 unspecified atom stereocenters. The Balaban J connectivity index is 1.61. The summed E-state index contributed by atoms with van der Waals surface area (Å²) in [5, 5.41) is 6.86. The van der Waals surface area contributed by atoms with Gasteiger partial charge in [0.25, 0.3) is 15.7 Å². The van der Waals surface area contributed by atoms with E-state index >= 15 is 0 Å². The molecule has 8 nitrogen and oxygen atoms in total. The molecule has 0 spiro atoms. The molecule has 0 radical (unpaired) electrons. The van der Waals surface area contributed by atoms with Crippen molar-refractivity contribution in [3.8, 4) is 0 Å². The van der Waals surface area contributed by atoms with Crippen LogP contribution in [0, 0.1) is 5.92 Å². The minimum Gasteiger partial charge on any atom is -0.387 e. The SMILES string of the molecule is CC(NC1CCC(N/C=C(/C(N)=O)C(N)=Nc2ccc(S(=O)(=O)C(F)(F)F)cc2)CC1)C1CC1. The first kappa shape index (κ1) is 26.0. The van der Waals surface area contributed by atoms with Crippen LogP contribution in [-0.4, -0.2) is 43.8 Å². The van der Waals surface area contributed by atoms with Gasteiger partial charge in [0, 0.05) is 24.3 Å². The number of rotatable bonds is 9. The third kappa shape index (κ3) is 6.50. The number of halogens is 3. The van der Waals surface area contributed by atoms with Gasteiger partial charge in [0.2, 0.25) is 0 Å². The zero-order valence-electron chi connectivity index (χ0n) is 18.8. The van der Waals surface area contributed by atoms with E-state index in [2.05, 4.69) is 22.5 Å². The molecule has 1 aromatic carbocycles. The number of nitrogens with two attached hydrogens (primary N) is 2. The highest BCUT2D eigenvalue weighted by Crippen LogP contribution is 2.33. The van der Waals surface area contributed by atoms with Gasteiger partial charge >= 0.3 is 5.51 Å². The van der Waals surface area contributed by atoms with Crippen LogP contribution in [0.2, 0.25) is 0 Å². The number of hydrogen-bond donors (Lipinski definition) is 4. The highest BCUT2D eigenvalue weighted by atomic mass is 32.2. The van der Waals surface area contributed by atoms with Crippen molar-refractivity contribution in [1.29, 1.82) is 0 Å². The molecule has 1 aromatic rings. The Labute approximate surface area is 197 Å². The van der Waals surface area contributed by atoms with E-state index in [9.17, 15) is 26.4 Å². The summed E-state index contributed by atoms with van der Waals surface area (Å²) >= 11 is 0. The van der Waals surface area contributed by atoms with Crippen LogP contribution in [0.25, 0.3) is 0 Å². The second-order valence-corrected chi connectivity index (χ2v) is 10.8. The Hall–Kier alpha value is -2.60. The summed E-state index contributed by atoms with van der Waals surface area (Å²) in [6.07, 6.45) is 7.83. The van der Waals surface area contributed by atoms with Crippen molar-refractivity contribution < 1.29 is 26.4 Å². The van der Waals surface area contributed by atoms with E-state index in [1.54, 1.807) is 0 Å². The Kier molecular flexibility index (Phi) is 7.91. The number of alkyl halides is 3. The average molecular weight is 502 g/mol. The molecular formula is C22H30F3N5O3S. The lowest BCUT2D eigenvalue weighted by Gasteiger charge is -2.31. The molecule has 0 saturated heterocycles. The molecule has 1 atom stereocenters. The first-order chi connectivity index (χ1) is 15.9. The van der Waals surface area contributed by atoms with Gasteiger partial charge < -0.3 is 22.1 Å². The number of carbonyl (C=O) groups excluding carboxylic acids is 1. The molecule has 2 aliphatic carbocycles. The number of primary amides is 1. The molecule has 2 aliphatic rings. The Bertz CT molecular complexity index is 1040. The summed E-state index contributed by atoms with van der Waals surface area (Å²) in [6, 6.07) is 4.83. The third-order valence-corrected chi connectivity index (χ3v) is 7.76. The quantitative estimate of drug-likeness (QED) is 0.233. The van der Waals surface area contributed by atoms with Crippen LogP contribution < -0.4 is 22.1 Å². The van der Waals surface area contributed by atoms with Gasteiger partial charge in [-0.25, -0.2) is 13.4 Å². The number of nitrogens with zero attached hydrogens (tertiary/aromatic N) is 1. The molecule has 0 heterocycles. The number of amidine groups is 1. The largest absolute Gasteiger partial charge is 0.501 e. The summed E-state index contributed by atoms with van der Waals surface area (Å²) in [5.74, 6) is -0.261. The highest BCUT2D eigenvalue weighted by Gasteiger charge is 2.46. The maximum atomic E-state index is 12.7. The Morgan fingerprint density at radius 3 is 2.12 bits per heavy atom. The van der Waals surface area contributed by atoms with Gasteiger partial charge in [0.1, 0.15) is 5.84 Å². The fourth-order valence-electron chi connectivity index (χ4n) is 4.04. The number of amides is 1. The van der Waals surface area contributed by atoms with Crippen LogP contribution in [0.5, 0.6) is 0 Å².